The predicted octanol–water partition coefficient (Wildman–Crippen LogP) is 5.54. The summed E-state index contributed by atoms with van der Waals surface area (Å²) < 4.78 is 10.7. The fourth-order valence-corrected chi connectivity index (χ4v) is 5.42. The van der Waals surface area contributed by atoms with Crippen molar-refractivity contribution in [3.8, 4) is 22.6 Å². The molecular weight excluding hydrogens is 543 g/mol. The van der Waals surface area contributed by atoms with Gasteiger partial charge >= 0.3 is 0 Å². The number of likely N-dealkylation sites (N-methyl/N-ethyl adjacent to an activating group) is 1. The van der Waals surface area contributed by atoms with E-state index in [9.17, 15) is 4.79 Å². The minimum Gasteiger partial charge on any atom is -0.493 e. The van der Waals surface area contributed by atoms with Gasteiger partial charge in [0, 0.05) is 41.6 Å². The number of carbonyl (C=O) groups is 1. The van der Waals surface area contributed by atoms with E-state index in [2.05, 4.69) is 39.4 Å². The van der Waals surface area contributed by atoms with Crippen molar-refractivity contribution in [3.63, 3.8) is 0 Å². The number of thioether (sulfide) groups is 1. The smallest absolute Gasteiger partial charge is 0.230 e. The maximum Gasteiger partial charge on any atom is 0.230 e. The molecule has 1 fully saturated rings. The number of rotatable bonds is 11. The average molecular weight is 578 g/mol. The van der Waals surface area contributed by atoms with Crippen LogP contribution in [-0.4, -0.2) is 66.4 Å². The zero-order valence-electron chi connectivity index (χ0n) is 21.9. The molecule has 10 heteroatoms. The van der Waals surface area contributed by atoms with Gasteiger partial charge in [-0.2, -0.15) is 0 Å². The quantitative estimate of drug-likeness (QED) is 0.237. The summed E-state index contributed by atoms with van der Waals surface area (Å²) in [4.78, 5) is 24.0. The van der Waals surface area contributed by atoms with Gasteiger partial charge in [0.05, 0.1) is 20.0 Å². The third-order valence-corrected chi connectivity index (χ3v) is 7.86. The molecule has 204 valence electrons. The number of nitrogens with one attached hydrogen (secondary N) is 1. The zero-order chi connectivity index (χ0) is 26.2. The molecule has 3 aromatic rings. The Hall–Kier alpha value is -2.52. The second-order valence-electron chi connectivity index (χ2n) is 9.14. The average Bonchev–Trinajstić information content (AvgIpc) is 3.39. The van der Waals surface area contributed by atoms with Gasteiger partial charge in [-0.1, -0.05) is 41.6 Å². The van der Waals surface area contributed by atoms with Crippen LogP contribution in [0.15, 0.2) is 60.0 Å². The lowest BCUT2D eigenvalue weighted by atomic mass is 10.1. The summed E-state index contributed by atoms with van der Waals surface area (Å²) in [5, 5.41) is 4.58. The van der Waals surface area contributed by atoms with Gasteiger partial charge in [0.1, 0.15) is 0 Å². The Morgan fingerprint density at radius 2 is 1.76 bits per heavy atom. The van der Waals surface area contributed by atoms with E-state index in [0.29, 0.717) is 22.7 Å². The Morgan fingerprint density at radius 3 is 2.45 bits per heavy atom. The van der Waals surface area contributed by atoms with Crippen molar-refractivity contribution in [2.45, 2.75) is 42.9 Å². The lowest BCUT2D eigenvalue weighted by Crippen LogP contribution is -2.48. The van der Waals surface area contributed by atoms with E-state index < -0.39 is 0 Å². The summed E-state index contributed by atoms with van der Waals surface area (Å²) in [5.41, 5.74) is 3.06. The molecule has 0 saturated heterocycles. The third-order valence-electron chi connectivity index (χ3n) is 6.74. The van der Waals surface area contributed by atoms with Gasteiger partial charge in [-0.15, -0.1) is 12.4 Å². The van der Waals surface area contributed by atoms with Crippen molar-refractivity contribution in [2.75, 3.05) is 33.6 Å². The van der Waals surface area contributed by atoms with Gasteiger partial charge in [-0.05, 0) is 68.1 Å². The summed E-state index contributed by atoms with van der Waals surface area (Å²) in [5.74, 6) is 1.62. The molecule has 38 heavy (non-hydrogen) atoms. The van der Waals surface area contributed by atoms with Crippen molar-refractivity contribution >= 4 is 41.7 Å². The Labute approximate surface area is 240 Å². The van der Waals surface area contributed by atoms with Crippen molar-refractivity contribution < 1.29 is 14.3 Å². The maximum atomic E-state index is 12.7. The van der Waals surface area contributed by atoms with Gasteiger partial charge in [-0.25, -0.2) is 9.97 Å². The number of halogens is 2. The van der Waals surface area contributed by atoms with E-state index in [-0.39, 0.29) is 30.1 Å². The fraction of sp³-hybridized carbons (Fsp3) is 0.393. The normalized spacial score (nSPS) is 16.7. The van der Waals surface area contributed by atoms with E-state index in [1.54, 1.807) is 26.6 Å². The van der Waals surface area contributed by atoms with Gasteiger partial charge in [0.15, 0.2) is 16.7 Å². The molecule has 1 aliphatic carbocycles. The molecule has 0 bridgehead atoms. The number of nitrogens with zero attached hydrogens (tertiary/aromatic N) is 3. The second-order valence-corrected chi connectivity index (χ2v) is 10.5. The minimum absolute atomic E-state index is 0. The second kappa shape index (κ2) is 14.6. The SMILES string of the molecule is COc1ccc(-c2cnc(SCC(=O)NC3CCCC3N(C)CCc3ccc(Cl)cc3)nc2)cc1OC.Cl. The number of methoxy groups -OCH3 is 2. The molecule has 1 heterocycles. The number of aromatic nitrogens is 2. The van der Waals surface area contributed by atoms with Crippen LogP contribution in [0.25, 0.3) is 11.1 Å². The fourth-order valence-electron chi connectivity index (χ4n) is 4.69. The van der Waals surface area contributed by atoms with Gasteiger partial charge in [0.2, 0.25) is 5.91 Å². The summed E-state index contributed by atoms with van der Waals surface area (Å²) in [6, 6.07) is 14.2. The van der Waals surface area contributed by atoms with Crippen LogP contribution in [0.1, 0.15) is 24.8 Å². The topological polar surface area (TPSA) is 76.6 Å². The van der Waals surface area contributed by atoms with Crippen LogP contribution < -0.4 is 14.8 Å². The minimum atomic E-state index is 0. The monoisotopic (exact) mass is 576 g/mol. The van der Waals surface area contributed by atoms with Crippen LogP contribution in [-0.2, 0) is 11.2 Å². The van der Waals surface area contributed by atoms with Crippen molar-refractivity contribution in [3.05, 3.63) is 65.4 Å². The summed E-state index contributed by atoms with van der Waals surface area (Å²) in [6.45, 7) is 0.938. The molecule has 1 aliphatic rings. The molecule has 1 amide bonds. The predicted molar refractivity (Wildman–Crippen MR) is 156 cm³/mol. The standard InChI is InChI=1S/C28H33ClN4O3S.ClH/c1-33(14-13-19-7-10-22(29)11-8-19)24-6-4-5-23(24)32-27(34)18-37-28-30-16-21(17-31-28)20-9-12-25(35-2)26(15-20)36-3;/h7-12,15-17,23-24H,4-6,13-14,18H2,1-3H3,(H,32,34);1H. The van der Waals surface area contributed by atoms with Gasteiger partial charge in [0.25, 0.3) is 0 Å². The number of hydrogen-bond acceptors (Lipinski definition) is 7. The first-order valence-electron chi connectivity index (χ1n) is 12.4. The molecule has 7 nitrogen and oxygen atoms in total. The van der Waals surface area contributed by atoms with Crippen LogP contribution in [0.4, 0.5) is 0 Å². The van der Waals surface area contributed by atoms with Crippen LogP contribution in [0.5, 0.6) is 11.5 Å². The van der Waals surface area contributed by atoms with Crippen molar-refractivity contribution in [1.82, 2.24) is 20.2 Å². The number of benzene rings is 2. The number of hydrogen-bond donors (Lipinski definition) is 1. The van der Waals surface area contributed by atoms with E-state index in [1.807, 2.05) is 30.3 Å². The van der Waals surface area contributed by atoms with E-state index in [4.69, 9.17) is 21.1 Å². The first kappa shape index (κ1) is 30.0. The highest BCUT2D eigenvalue weighted by Gasteiger charge is 2.31. The van der Waals surface area contributed by atoms with E-state index in [1.165, 1.54) is 17.3 Å². The van der Waals surface area contributed by atoms with Gasteiger partial charge < -0.3 is 19.7 Å². The number of amides is 1. The number of ether oxygens (including phenoxy) is 2. The molecule has 0 spiro atoms. The molecule has 1 aromatic heterocycles. The molecule has 4 rings (SSSR count). The van der Waals surface area contributed by atoms with Crippen LogP contribution in [0, 0.1) is 0 Å². The molecule has 2 atom stereocenters. The Bertz CT molecular complexity index is 1180. The lowest BCUT2D eigenvalue weighted by Gasteiger charge is -2.30. The van der Waals surface area contributed by atoms with Gasteiger partial charge in [-0.3, -0.25) is 4.79 Å². The van der Waals surface area contributed by atoms with Crippen molar-refractivity contribution in [1.29, 1.82) is 0 Å². The molecule has 1 saturated carbocycles. The van der Waals surface area contributed by atoms with E-state index >= 15 is 0 Å². The van der Waals surface area contributed by atoms with Crippen LogP contribution >= 0.6 is 35.8 Å². The number of carbonyl (C=O) groups excluding carboxylic acids is 1. The summed E-state index contributed by atoms with van der Waals surface area (Å²) >= 11 is 7.34. The Kier molecular flexibility index (Phi) is 11.5. The molecule has 0 radical (unpaired) electrons. The first-order chi connectivity index (χ1) is 18.0. The molecule has 0 aliphatic heterocycles. The highest BCUT2D eigenvalue weighted by Crippen LogP contribution is 2.32. The Morgan fingerprint density at radius 1 is 1.05 bits per heavy atom. The Balaban J connectivity index is 0.00000400. The molecule has 2 unspecified atom stereocenters. The first-order valence-corrected chi connectivity index (χ1v) is 13.7. The molecule has 1 N–H and O–H groups in total. The summed E-state index contributed by atoms with van der Waals surface area (Å²) in [6.07, 6.45) is 7.69. The summed E-state index contributed by atoms with van der Waals surface area (Å²) in [7, 11) is 5.36. The lowest BCUT2D eigenvalue weighted by molar-refractivity contribution is -0.119. The molecular formula is C28H34Cl2N4O3S. The third kappa shape index (κ3) is 7.99. The van der Waals surface area contributed by atoms with Crippen LogP contribution in [0.2, 0.25) is 5.02 Å². The zero-order valence-corrected chi connectivity index (χ0v) is 24.2. The maximum absolute atomic E-state index is 12.7. The van der Waals surface area contributed by atoms with Crippen molar-refractivity contribution in [2.24, 2.45) is 0 Å². The van der Waals surface area contributed by atoms with Crippen LogP contribution in [0.3, 0.4) is 0 Å². The highest BCUT2D eigenvalue weighted by molar-refractivity contribution is 7.99. The van der Waals surface area contributed by atoms with E-state index in [0.717, 1.165) is 48.4 Å². The molecule has 2 aromatic carbocycles. The largest absolute Gasteiger partial charge is 0.493 e. The highest BCUT2D eigenvalue weighted by atomic mass is 35.5.